The van der Waals surface area contributed by atoms with Crippen LogP contribution in [-0.4, -0.2) is 20.4 Å². The summed E-state index contributed by atoms with van der Waals surface area (Å²) in [5.41, 5.74) is 0. The Balaban J connectivity index is 1.88. The first-order chi connectivity index (χ1) is 9.38. The van der Waals surface area contributed by atoms with E-state index in [1.165, 1.54) is 18.9 Å². The van der Waals surface area contributed by atoms with Crippen molar-refractivity contribution in [1.82, 2.24) is 5.32 Å². The maximum absolute atomic E-state index is 12.0. The topological polar surface area (TPSA) is 89.3 Å². The molecule has 1 unspecified atom stereocenters. The Kier molecular flexibility index (Phi) is 4.82. The maximum atomic E-state index is 12.0. The largest absolute Gasteiger partial charge is 0.353 e. The number of hydrogen-bond acceptors (Lipinski definition) is 4. The van der Waals surface area contributed by atoms with Gasteiger partial charge in [-0.05, 0) is 30.9 Å². The summed E-state index contributed by atoms with van der Waals surface area (Å²) in [6.45, 7) is 2.07. The number of carbonyl (C=O) groups excluding carboxylic acids is 1. The Morgan fingerprint density at radius 1 is 1.50 bits per heavy atom. The molecule has 1 aliphatic rings. The lowest BCUT2D eigenvalue weighted by molar-refractivity contribution is -0.121. The fourth-order valence-corrected chi connectivity index (χ4v) is 3.90. The van der Waals surface area contributed by atoms with E-state index in [0.29, 0.717) is 4.88 Å². The summed E-state index contributed by atoms with van der Waals surface area (Å²) in [6, 6.07) is 3.32. The quantitative estimate of drug-likeness (QED) is 0.801. The molecule has 1 heterocycles. The molecule has 3 N–H and O–H groups in total. The first-order valence-corrected chi connectivity index (χ1v) is 9.15. The van der Waals surface area contributed by atoms with Gasteiger partial charge in [-0.1, -0.05) is 19.8 Å². The van der Waals surface area contributed by atoms with E-state index in [1.54, 1.807) is 6.07 Å². The van der Waals surface area contributed by atoms with Gasteiger partial charge in [-0.25, -0.2) is 13.6 Å². The lowest BCUT2D eigenvalue weighted by Crippen LogP contribution is -2.35. The molecule has 0 saturated heterocycles. The summed E-state index contributed by atoms with van der Waals surface area (Å²) in [6.07, 6.45) is 4.73. The molecule has 1 atom stereocenters. The number of rotatable bonds is 7. The van der Waals surface area contributed by atoms with E-state index in [0.717, 1.165) is 30.1 Å². The summed E-state index contributed by atoms with van der Waals surface area (Å²) in [4.78, 5) is 12.7. The maximum Gasteiger partial charge on any atom is 0.247 e. The molecular formula is C13H20N2O3S2. The fourth-order valence-electron chi connectivity index (χ4n) is 2.13. The molecule has 1 saturated carbocycles. The number of nitrogens with two attached hydrogens (primary N) is 1. The van der Waals surface area contributed by atoms with Gasteiger partial charge in [0, 0.05) is 10.9 Å². The van der Waals surface area contributed by atoms with Gasteiger partial charge in [0.1, 0.15) is 4.21 Å². The average molecular weight is 316 g/mol. The molecule has 20 heavy (non-hydrogen) atoms. The van der Waals surface area contributed by atoms with Crippen LogP contribution in [0.5, 0.6) is 0 Å². The number of sulfonamides is 1. The molecule has 1 aliphatic carbocycles. The number of thiophene rings is 1. The van der Waals surface area contributed by atoms with E-state index in [9.17, 15) is 13.2 Å². The number of nitrogens with one attached hydrogen (secondary N) is 1. The first kappa shape index (κ1) is 15.5. The zero-order valence-electron chi connectivity index (χ0n) is 11.5. The van der Waals surface area contributed by atoms with Crippen molar-refractivity contribution in [2.45, 2.75) is 49.3 Å². The third-order valence-electron chi connectivity index (χ3n) is 3.42. The second-order valence-corrected chi connectivity index (χ2v) is 8.25. The second kappa shape index (κ2) is 6.24. The number of amides is 1. The van der Waals surface area contributed by atoms with Crippen molar-refractivity contribution in [3.05, 3.63) is 17.0 Å². The minimum absolute atomic E-state index is 0.0553. The summed E-state index contributed by atoms with van der Waals surface area (Å²) < 4.78 is 22.4. The van der Waals surface area contributed by atoms with Crippen molar-refractivity contribution < 1.29 is 13.2 Å². The number of primary sulfonamides is 1. The van der Waals surface area contributed by atoms with Gasteiger partial charge in [0.05, 0.1) is 6.42 Å². The van der Waals surface area contributed by atoms with E-state index < -0.39 is 10.0 Å². The molecule has 7 heteroatoms. The smallest absolute Gasteiger partial charge is 0.247 e. The molecule has 112 valence electrons. The zero-order valence-corrected chi connectivity index (χ0v) is 13.1. The van der Waals surface area contributed by atoms with Gasteiger partial charge in [-0.2, -0.15) is 0 Å². The molecule has 0 spiro atoms. The predicted molar refractivity (Wildman–Crippen MR) is 79.0 cm³/mol. The highest BCUT2D eigenvalue weighted by molar-refractivity contribution is 7.91. The number of hydrogen-bond donors (Lipinski definition) is 2. The summed E-state index contributed by atoms with van der Waals surface area (Å²) >= 11 is 1.06. The van der Waals surface area contributed by atoms with Crippen molar-refractivity contribution in [1.29, 1.82) is 0 Å². The molecule has 1 aromatic heterocycles. The van der Waals surface area contributed by atoms with Gasteiger partial charge in [0.2, 0.25) is 15.9 Å². The lowest BCUT2D eigenvalue weighted by atomic mass is 10.1. The van der Waals surface area contributed by atoms with Crippen LogP contribution >= 0.6 is 11.3 Å². The van der Waals surface area contributed by atoms with Gasteiger partial charge < -0.3 is 5.32 Å². The molecule has 1 amide bonds. The van der Waals surface area contributed by atoms with Gasteiger partial charge in [0.25, 0.3) is 0 Å². The lowest BCUT2D eigenvalue weighted by Gasteiger charge is -2.16. The summed E-state index contributed by atoms with van der Waals surface area (Å²) in [5, 5.41) is 8.07. The van der Waals surface area contributed by atoms with Crippen LogP contribution in [0.15, 0.2) is 16.3 Å². The van der Waals surface area contributed by atoms with E-state index in [2.05, 4.69) is 12.2 Å². The van der Waals surface area contributed by atoms with Crippen LogP contribution in [0.1, 0.15) is 37.5 Å². The van der Waals surface area contributed by atoms with Crippen LogP contribution in [0.2, 0.25) is 0 Å². The second-order valence-electron chi connectivity index (χ2n) is 5.29. The van der Waals surface area contributed by atoms with Crippen molar-refractivity contribution in [2.75, 3.05) is 0 Å². The molecule has 0 radical (unpaired) electrons. The molecule has 5 nitrogen and oxygen atoms in total. The van der Waals surface area contributed by atoms with Crippen molar-refractivity contribution in [2.24, 2.45) is 11.1 Å². The summed E-state index contributed by atoms with van der Waals surface area (Å²) in [5.74, 6) is 0.719. The molecule has 1 aromatic rings. The molecule has 0 aromatic carbocycles. The fraction of sp³-hybridized carbons (Fsp3) is 0.615. The molecular weight excluding hydrogens is 296 g/mol. The zero-order chi connectivity index (χ0) is 14.8. The Bertz CT molecular complexity index is 576. The highest BCUT2D eigenvalue weighted by atomic mass is 32.2. The Morgan fingerprint density at radius 3 is 2.70 bits per heavy atom. The van der Waals surface area contributed by atoms with Crippen LogP contribution in [-0.2, 0) is 21.2 Å². The van der Waals surface area contributed by atoms with E-state index in [1.807, 2.05) is 0 Å². The van der Waals surface area contributed by atoms with Crippen molar-refractivity contribution in [3.63, 3.8) is 0 Å². The minimum Gasteiger partial charge on any atom is -0.353 e. The first-order valence-electron chi connectivity index (χ1n) is 6.79. The van der Waals surface area contributed by atoms with Crippen molar-refractivity contribution in [3.8, 4) is 0 Å². The van der Waals surface area contributed by atoms with Crippen molar-refractivity contribution >= 4 is 27.3 Å². The van der Waals surface area contributed by atoms with E-state index >= 15 is 0 Å². The normalized spacial score (nSPS) is 16.9. The van der Waals surface area contributed by atoms with Gasteiger partial charge >= 0.3 is 0 Å². The SMILES string of the molecule is CCC(CC1CC1)NC(=O)Cc1ccc(S(N)(=O)=O)s1. The van der Waals surface area contributed by atoms with Crippen LogP contribution in [0.4, 0.5) is 0 Å². The van der Waals surface area contributed by atoms with E-state index in [-0.39, 0.29) is 22.6 Å². The van der Waals surface area contributed by atoms with Crippen LogP contribution < -0.4 is 10.5 Å². The Hall–Kier alpha value is -0.920. The summed E-state index contributed by atoms with van der Waals surface area (Å²) in [7, 11) is -3.67. The standard InChI is InChI=1S/C13H20N2O3S2/c1-2-10(7-9-3-4-9)15-12(16)8-11-5-6-13(19-11)20(14,17)18/h5-6,9-10H,2-4,7-8H2,1H3,(H,15,16)(H2,14,17,18). The molecule has 0 aliphatic heterocycles. The third-order valence-corrected chi connectivity index (χ3v) is 5.95. The third kappa shape index (κ3) is 4.57. The molecule has 0 bridgehead atoms. The van der Waals surface area contributed by atoms with Crippen LogP contribution in [0.3, 0.4) is 0 Å². The average Bonchev–Trinajstić information content (AvgIpc) is 3.03. The Labute approximate surface area is 123 Å². The monoisotopic (exact) mass is 316 g/mol. The van der Waals surface area contributed by atoms with Crippen LogP contribution in [0, 0.1) is 5.92 Å². The van der Waals surface area contributed by atoms with E-state index in [4.69, 9.17) is 5.14 Å². The minimum atomic E-state index is -3.67. The number of carbonyl (C=O) groups is 1. The molecule has 1 fully saturated rings. The van der Waals surface area contributed by atoms with Crippen LogP contribution in [0.25, 0.3) is 0 Å². The van der Waals surface area contributed by atoms with Gasteiger partial charge in [-0.3, -0.25) is 4.79 Å². The van der Waals surface area contributed by atoms with Gasteiger partial charge in [0.15, 0.2) is 0 Å². The highest BCUT2D eigenvalue weighted by Crippen LogP contribution is 2.34. The Morgan fingerprint density at radius 2 is 2.20 bits per heavy atom. The highest BCUT2D eigenvalue weighted by Gasteiger charge is 2.25. The predicted octanol–water partition coefficient (Wildman–Crippen LogP) is 1.63. The molecule has 2 rings (SSSR count). The van der Waals surface area contributed by atoms with Gasteiger partial charge in [-0.15, -0.1) is 11.3 Å².